The molecule has 0 saturated carbocycles. The van der Waals surface area contributed by atoms with E-state index in [9.17, 15) is 8.42 Å². The van der Waals surface area contributed by atoms with Gasteiger partial charge in [0, 0.05) is 19.3 Å². The minimum Gasteiger partial charge on any atom is -0.372 e. The molecule has 5 nitrogen and oxygen atoms in total. The number of hydrogen-bond acceptors (Lipinski definition) is 5. The maximum Gasteiger partial charge on any atom is 0.264 e. The van der Waals surface area contributed by atoms with Gasteiger partial charge in [0.05, 0.1) is 30.7 Å². The van der Waals surface area contributed by atoms with Crippen LogP contribution in [0.1, 0.15) is 19.3 Å². The van der Waals surface area contributed by atoms with Crippen LogP contribution in [-0.4, -0.2) is 45.2 Å². The van der Waals surface area contributed by atoms with Crippen molar-refractivity contribution in [1.82, 2.24) is 0 Å². The predicted octanol–water partition coefficient (Wildman–Crippen LogP) is 0.0499. The van der Waals surface area contributed by atoms with Crippen LogP contribution in [0.2, 0.25) is 0 Å². The van der Waals surface area contributed by atoms with Crippen molar-refractivity contribution in [1.29, 1.82) is 0 Å². The zero-order valence-electron chi connectivity index (χ0n) is 8.46. The Hall–Kier alpha value is -0.170. The van der Waals surface area contributed by atoms with Crippen LogP contribution in [0.25, 0.3) is 0 Å². The Morgan fingerprint density at radius 2 is 1.73 bits per heavy atom. The molecule has 3 aliphatic rings. The molecule has 0 unspecified atom stereocenters. The van der Waals surface area contributed by atoms with Gasteiger partial charge in [0.15, 0.2) is 0 Å². The Bertz CT molecular complexity index is 363. The van der Waals surface area contributed by atoms with Crippen LogP contribution >= 0.6 is 0 Å². The molecule has 6 heteroatoms. The average molecular weight is 234 g/mol. The van der Waals surface area contributed by atoms with E-state index in [1.54, 1.807) is 0 Å². The number of hydrogen-bond donors (Lipinski definition) is 0. The quantitative estimate of drug-likeness (QED) is 0.632. The first kappa shape index (κ1) is 10.0. The van der Waals surface area contributed by atoms with Gasteiger partial charge in [-0.2, -0.15) is 8.42 Å². The molecule has 3 saturated heterocycles. The highest BCUT2D eigenvalue weighted by atomic mass is 32.2. The third kappa shape index (κ3) is 1.80. The molecule has 0 aromatic carbocycles. The highest BCUT2D eigenvalue weighted by Gasteiger charge is 2.51. The Balaban J connectivity index is 1.78. The topological polar surface area (TPSA) is 61.8 Å². The van der Waals surface area contributed by atoms with Crippen LogP contribution in [-0.2, 0) is 23.8 Å². The van der Waals surface area contributed by atoms with Crippen molar-refractivity contribution in [2.75, 3.05) is 6.26 Å². The van der Waals surface area contributed by atoms with Crippen molar-refractivity contribution in [3.05, 3.63) is 0 Å². The van der Waals surface area contributed by atoms with Gasteiger partial charge in [0.25, 0.3) is 10.1 Å². The second-order valence-corrected chi connectivity index (χ2v) is 6.16. The molecule has 3 aliphatic heterocycles. The molecule has 3 bridgehead atoms. The lowest BCUT2D eigenvalue weighted by molar-refractivity contribution is -0.128. The predicted molar refractivity (Wildman–Crippen MR) is 50.9 cm³/mol. The van der Waals surface area contributed by atoms with Crippen LogP contribution < -0.4 is 0 Å². The van der Waals surface area contributed by atoms with E-state index in [0.29, 0.717) is 6.42 Å². The van der Waals surface area contributed by atoms with Crippen LogP contribution in [0.5, 0.6) is 0 Å². The summed E-state index contributed by atoms with van der Waals surface area (Å²) in [6, 6.07) is 0. The van der Waals surface area contributed by atoms with Crippen LogP contribution in [0.15, 0.2) is 0 Å². The fourth-order valence-electron chi connectivity index (χ4n) is 2.79. The van der Waals surface area contributed by atoms with E-state index < -0.39 is 10.1 Å². The molecule has 0 N–H and O–H groups in total. The van der Waals surface area contributed by atoms with Gasteiger partial charge in [0.1, 0.15) is 6.10 Å². The van der Waals surface area contributed by atoms with Gasteiger partial charge in [-0.05, 0) is 0 Å². The summed E-state index contributed by atoms with van der Waals surface area (Å²) in [5.41, 5.74) is 0. The smallest absolute Gasteiger partial charge is 0.264 e. The van der Waals surface area contributed by atoms with Crippen molar-refractivity contribution in [2.24, 2.45) is 0 Å². The van der Waals surface area contributed by atoms with Gasteiger partial charge in [-0.15, -0.1) is 0 Å². The minimum atomic E-state index is -3.40. The van der Waals surface area contributed by atoms with Gasteiger partial charge in [-0.1, -0.05) is 0 Å². The zero-order chi connectivity index (χ0) is 10.6. The summed E-state index contributed by atoms with van der Waals surface area (Å²) in [4.78, 5) is 0. The van der Waals surface area contributed by atoms with Crippen LogP contribution in [0, 0.1) is 0 Å². The summed E-state index contributed by atoms with van der Waals surface area (Å²) in [6.45, 7) is 0. The van der Waals surface area contributed by atoms with Crippen molar-refractivity contribution in [2.45, 2.75) is 49.8 Å². The number of fused-ring (bicyclic) bond motifs is 2. The fraction of sp³-hybridized carbons (Fsp3) is 1.00. The number of ether oxygens (including phenoxy) is 2. The first-order chi connectivity index (χ1) is 7.01. The summed E-state index contributed by atoms with van der Waals surface area (Å²) < 4.78 is 38.6. The molecule has 15 heavy (non-hydrogen) atoms. The van der Waals surface area contributed by atoms with Gasteiger partial charge >= 0.3 is 0 Å². The Morgan fingerprint density at radius 3 is 2.47 bits per heavy atom. The molecule has 86 valence electrons. The lowest BCUT2D eigenvalue weighted by Gasteiger charge is -2.37. The van der Waals surface area contributed by atoms with Gasteiger partial charge in [0.2, 0.25) is 0 Å². The Labute approximate surface area is 88.8 Å². The Morgan fingerprint density at radius 1 is 1.07 bits per heavy atom. The standard InChI is InChI=1S/C9H14O5S/c1-15(10,11)14-9-4-8-6-2-5(12-8)3-7(9)13-6/h5-9H,2-4H2,1H3/t5-,6-,7+,8-,9+/m1/s1. The zero-order valence-corrected chi connectivity index (χ0v) is 9.27. The summed E-state index contributed by atoms with van der Waals surface area (Å²) in [6.07, 6.45) is 3.39. The molecule has 3 heterocycles. The molecule has 5 atom stereocenters. The summed E-state index contributed by atoms with van der Waals surface area (Å²) in [7, 11) is -3.40. The molecule has 3 rings (SSSR count). The maximum absolute atomic E-state index is 11.1. The largest absolute Gasteiger partial charge is 0.372 e. The molecule has 0 aromatic heterocycles. The second-order valence-electron chi connectivity index (χ2n) is 4.56. The first-order valence-electron chi connectivity index (χ1n) is 5.20. The van der Waals surface area contributed by atoms with E-state index in [4.69, 9.17) is 13.7 Å². The lowest BCUT2D eigenvalue weighted by atomic mass is 9.90. The second kappa shape index (κ2) is 3.16. The van der Waals surface area contributed by atoms with Crippen molar-refractivity contribution in [3.63, 3.8) is 0 Å². The SMILES string of the molecule is CS(=O)(=O)O[C@H]1C[C@H]2O[C@H]3C[C@@H]1O[C@@H]2C3. The van der Waals surface area contributed by atoms with E-state index in [-0.39, 0.29) is 30.5 Å². The molecule has 0 spiro atoms. The van der Waals surface area contributed by atoms with E-state index in [1.807, 2.05) is 0 Å². The maximum atomic E-state index is 11.1. The van der Waals surface area contributed by atoms with Crippen LogP contribution in [0.3, 0.4) is 0 Å². The molecular weight excluding hydrogens is 220 g/mol. The number of rotatable bonds is 2. The summed E-state index contributed by atoms with van der Waals surface area (Å²) >= 11 is 0. The van der Waals surface area contributed by atoms with Crippen molar-refractivity contribution in [3.8, 4) is 0 Å². The third-order valence-corrected chi connectivity index (χ3v) is 3.90. The third-order valence-electron chi connectivity index (χ3n) is 3.30. The average Bonchev–Trinajstić information content (AvgIpc) is 2.30. The van der Waals surface area contributed by atoms with Crippen LogP contribution in [0.4, 0.5) is 0 Å². The molecule has 3 fully saturated rings. The monoisotopic (exact) mass is 234 g/mol. The molecular formula is C9H14O5S. The van der Waals surface area contributed by atoms with E-state index in [2.05, 4.69) is 0 Å². The van der Waals surface area contributed by atoms with Crippen molar-refractivity contribution < 1.29 is 22.1 Å². The molecule has 0 aromatic rings. The van der Waals surface area contributed by atoms with E-state index in [0.717, 1.165) is 19.1 Å². The summed E-state index contributed by atoms with van der Waals surface area (Å²) in [5, 5.41) is 0. The fourth-order valence-corrected chi connectivity index (χ4v) is 3.44. The highest BCUT2D eigenvalue weighted by Crippen LogP contribution is 2.42. The van der Waals surface area contributed by atoms with Crippen molar-refractivity contribution >= 4 is 10.1 Å². The summed E-state index contributed by atoms with van der Waals surface area (Å²) in [5.74, 6) is 0. The molecule has 0 amide bonds. The molecule has 0 radical (unpaired) electrons. The molecule has 0 aliphatic carbocycles. The van der Waals surface area contributed by atoms with E-state index >= 15 is 0 Å². The Kier molecular flexibility index (Phi) is 2.11. The minimum absolute atomic E-state index is 0.0282. The van der Waals surface area contributed by atoms with Gasteiger partial charge in [-0.25, -0.2) is 0 Å². The van der Waals surface area contributed by atoms with Gasteiger partial charge in [-0.3, -0.25) is 4.18 Å². The van der Waals surface area contributed by atoms with E-state index in [1.165, 1.54) is 0 Å². The normalized spacial score (nSPS) is 48.5. The highest BCUT2D eigenvalue weighted by molar-refractivity contribution is 7.86. The van der Waals surface area contributed by atoms with Gasteiger partial charge < -0.3 is 9.47 Å². The first-order valence-corrected chi connectivity index (χ1v) is 7.02. The lowest BCUT2D eigenvalue weighted by Crippen LogP contribution is -2.48.